The predicted molar refractivity (Wildman–Crippen MR) is 144 cm³/mol. The highest BCUT2D eigenvalue weighted by atomic mass is 32.2. The first-order valence-electron chi connectivity index (χ1n) is 11.6. The number of ether oxygens (including phenoxy) is 1. The number of thioether (sulfide) groups is 1. The molecular weight excluding hydrogens is 462 g/mol. The molecule has 0 N–H and O–H groups in total. The number of carbonyl (C=O) groups is 1. The Balaban J connectivity index is 1.78. The van der Waals surface area contributed by atoms with Crippen LogP contribution >= 0.6 is 24.0 Å². The van der Waals surface area contributed by atoms with E-state index in [1.54, 1.807) is 4.90 Å². The van der Waals surface area contributed by atoms with Crippen LogP contribution in [0.3, 0.4) is 0 Å². The lowest BCUT2D eigenvalue weighted by Gasteiger charge is -2.21. The molecule has 1 atom stereocenters. The molecule has 1 fully saturated rings. The van der Waals surface area contributed by atoms with Gasteiger partial charge in [-0.25, -0.2) is 4.68 Å². The van der Waals surface area contributed by atoms with Gasteiger partial charge in [-0.2, -0.15) is 5.10 Å². The number of hydrogen-bond donors (Lipinski definition) is 0. The van der Waals surface area contributed by atoms with Crippen molar-refractivity contribution in [2.75, 3.05) is 6.61 Å². The Morgan fingerprint density at radius 2 is 1.94 bits per heavy atom. The summed E-state index contributed by atoms with van der Waals surface area (Å²) in [5.41, 5.74) is 4.71. The molecule has 0 radical (unpaired) electrons. The van der Waals surface area contributed by atoms with Gasteiger partial charge in [0.2, 0.25) is 0 Å². The number of aryl methyl sites for hydroxylation is 1. The summed E-state index contributed by atoms with van der Waals surface area (Å²) in [5.74, 6) is 0.810. The molecular formula is C27H29N3O2S2. The largest absolute Gasteiger partial charge is 0.494 e. The van der Waals surface area contributed by atoms with Crippen molar-refractivity contribution in [2.24, 2.45) is 0 Å². The molecule has 0 aliphatic carbocycles. The zero-order valence-corrected chi connectivity index (χ0v) is 21.6. The van der Waals surface area contributed by atoms with Gasteiger partial charge in [0, 0.05) is 23.4 Å². The van der Waals surface area contributed by atoms with Gasteiger partial charge in [0.1, 0.15) is 15.8 Å². The summed E-state index contributed by atoms with van der Waals surface area (Å²) in [4.78, 5) is 15.5. The SMILES string of the molecule is CCCOc1ccc(-c2nn(-c3ccccc3)cc2/C=C2\SC(=S)N([C@H](C)CC)C2=O)c(C)c1. The fraction of sp³-hybridized carbons (Fsp3) is 0.296. The number of hydrogen-bond acceptors (Lipinski definition) is 5. The van der Waals surface area contributed by atoms with Crippen molar-refractivity contribution in [3.63, 3.8) is 0 Å². The molecule has 0 spiro atoms. The monoisotopic (exact) mass is 491 g/mol. The van der Waals surface area contributed by atoms with Gasteiger partial charge in [-0.1, -0.05) is 56.0 Å². The topological polar surface area (TPSA) is 47.4 Å². The van der Waals surface area contributed by atoms with Gasteiger partial charge < -0.3 is 4.74 Å². The summed E-state index contributed by atoms with van der Waals surface area (Å²) in [6, 6.07) is 16.1. The first kappa shape index (κ1) is 24.2. The molecule has 0 saturated carbocycles. The van der Waals surface area contributed by atoms with Crippen LogP contribution in [-0.4, -0.2) is 37.6 Å². The lowest BCUT2D eigenvalue weighted by atomic mass is 10.0. The number of thiocarbonyl (C=S) groups is 1. The average Bonchev–Trinajstić information content (AvgIpc) is 3.38. The number of nitrogens with zero attached hydrogens (tertiary/aromatic N) is 3. The summed E-state index contributed by atoms with van der Waals surface area (Å²) < 4.78 is 8.27. The van der Waals surface area contributed by atoms with Crippen molar-refractivity contribution in [2.45, 2.75) is 46.6 Å². The summed E-state index contributed by atoms with van der Waals surface area (Å²) in [7, 11) is 0. The summed E-state index contributed by atoms with van der Waals surface area (Å²) in [5, 5.41) is 4.92. The van der Waals surface area contributed by atoms with E-state index in [9.17, 15) is 4.79 Å². The smallest absolute Gasteiger partial charge is 0.266 e. The Kier molecular flexibility index (Phi) is 7.54. The molecule has 1 amide bonds. The van der Waals surface area contributed by atoms with E-state index in [1.165, 1.54) is 11.8 Å². The zero-order chi connectivity index (χ0) is 24.2. The third-order valence-electron chi connectivity index (χ3n) is 5.83. The van der Waals surface area contributed by atoms with E-state index in [2.05, 4.69) is 20.8 Å². The molecule has 34 heavy (non-hydrogen) atoms. The van der Waals surface area contributed by atoms with Gasteiger partial charge in [0.25, 0.3) is 5.91 Å². The number of aromatic nitrogens is 2. The first-order valence-corrected chi connectivity index (χ1v) is 12.8. The lowest BCUT2D eigenvalue weighted by Crippen LogP contribution is -2.36. The Morgan fingerprint density at radius 3 is 2.62 bits per heavy atom. The molecule has 3 aromatic rings. The van der Waals surface area contributed by atoms with Crippen LogP contribution in [0, 0.1) is 6.92 Å². The van der Waals surface area contributed by atoms with Crippen LogP contribution in [0.2, 0.25) is 0 Å². The molecule has 1 aromatic heterocycles. The second kappa shape index (κ2) is 10.6. The third kappa shape index (κ3) is 4.95. The minimum Gasteiger partial charge on any atom is -0.494 e. The maximum atomic E-state index is 13.2. The van der Waals surface area contributed by atoms with Crippen LogP contribution in [0.5, 0.6) is 5.75 Å². The van der Waals surface area contributed by atoms with Crippen LogP contribution < -0.4 is 4.74 Å². The molecule has 4 rings (SSSR count). The summed E-state index contributed by atoms with van der Waals surface area (Å²) in [6.07, 6.45) is 5.70. The van der Waals surface area contributed by atoms with Crippen molar-refractivity contribution in [3.05, 3.63) is 70.8 Å². The number of amides is 1. The third-order valence-corrected chi connectivity index (χ3v) is 7.16. The fourth-order valence-corrected chi connectivity index (χ4v) is 5.26. The van der Waals surface area contributed by atoms with Gasteiger partial charge in [0.05, 0.1) is 17.2 Å². The zero-order valence-electron chi connectivity index (χ0n) is 19.9. The van der Waals surface area contributed by atoms with Gasteiger partial charge in [0.15, 0.2) is 0 Å². The van der Waals surface area contributed by atoms with Crippen LogP contribution in [0.15, 0.2) is 59.6 Å². The standard InChI is InChI=1S/C27H29N3O2S2/c1-5-14-32-22-12-13-23(18(3)15-22)25-20(17-29(28-25)21-10-8-7-9-11-21)16-24-26(31)30(19(4)6-2)27(33)34-24/h7-13,15-17,19H,5-6,14H2,1-4H3/b24-16-/t19-/m1/s1. The Hall–Kier alpha value is -2.90. The predicted octanol–water partition coefficient (Wildman–Crippen LogP) is 6.64. The van der Waals surface area contributed by atoms with Crippen LogP contribution in [0.25, 0.3) is 23.0 Å². The molecule has 176 valence electrons. The maximum Gasteiger partial charge on any atom is 0.266 e. The normalized spacial score (nSPS) is 15.9. The highest BCUT2D eigenvalue weighted by Crippen LogP contribution is 2.37. The van der Waals surface area contributed by atoms with E-state index in [0.29, 0.717) is 15.8 Å². The fourth-order valence-electron chi connectivity index (χ4n) is 3.81. The highest BCUT2D eigenvalue weighted by molar-refractivity contribution is 8.26. The van der Waals surface area contributed by atoms with Crippen LogP contribution in [0.1, 0.15) is 44.7 Å². The molecule has 2 heterocycles. The molecule has 0 bridgehead atoms. The van der Waals surface area contributed by atoms with Gasteiger partial charge in [-0.05, 0) is 68.7 Å². The maximum absolute atomic E-state index is 13.2. The van der Waals surface area contributed by atoms with Crippen LogP contribution in [0.4, 0.5) is 0 Å². The molecule has 0 unspecified atom stereocenters. The van der Waals surface area contributed by atoms with E-state index in [4.69, 9.17) is 22.1 Å². The molecule has 1 saturated heterocycles. The van der Waals surface area contributed by atoms with Gasteiger partial charge in [-0.3, -0.25) is 9.69 Å². The summed E-state index contributed by atoms with van der Waals surface area (Å²) in [6.45, 7) is 8.92. The number of para-hydroxylation sites is 1. The molecule has 5 nitrogen and oxygen atoms in total. The number of rotatable bonds is 8. The molecule has 1 aliphatic heterocycles. The van der Waals surface area contributed by atoms with Crippen molar-refractivity contribution in [3.8, 4) is 22.7 Å². The van der Waals surface area contributed by atoms with E-state index in [-0.39, 0.29) is 11.9 Å². The minimum absolute atomic E-state index is 0.0391. The van der Waals surface area contributed by atoms with Gasteiger partial charge >= 0.3 is 0 Å². The van der Waals surface area contributed by atoms with Crippen molar-refractivity contribution >= 4 is 40.3 Å². The van der Waals surface area contributed by atoms with Crippen molar-refractivity contribution in [1.82, 2.24) is 14.7 Å². The van der Waals surface area contributed by atoms with E-state index >= 15 is 0 Å². The first-order chi connectivity index (χ1) is 16.4. The average molecular weight is 492 g/mol. The minimum atomic E-state index is -0.0391. The van der Waals surface area contributed by atoms with Crippen LogP contribution in [-0.2, 0) is 4.79 Å². The Labute approximate surface area is 210 Å². The van der Waals surface area contributed by atoms with E-state index in [0.717, 1.165) is 46.7 Å². The Morgan fingerprint density at radius 1 is 1.18 bits per heavy atom. The number of benzene rings is 2. The summed E-state index contributed by atoms with van der Waals surface area (Å²) >= 11 is 6.88. The Bertz CT molecular complexity index is 1230. The molecule has 1 aliphatic rings. The molecule has 7 heteroatoms. The second-order valence-corrected chi connectivity index (χ2v) is 10.0. The van der Waals surface area contributed by atoms with Crippen molar-refractivity contribution in [1.29, 1.82) is 0 Å². The van der Waals surface area contributed by atoms with E-state index < -0.39 is 0 Å². The second-order valence-electron chi connectivity index (χ2n) is 8.35. The molecule has 2 aromatic carbocycles. The van der Waals surface area contributed by atoms with E-state index in [1.807, 2.05) is 72.4 Å². The van der Waals surface area contributed by atoms with Crippen molar-refractivity contribution < 1.29 is 9.53 Å². The highest BCUT2D eigenvalue weighted by Gasteiger charge is 2.35. The van der Waals surface area contributed by atoms with Gasteiger partial charge in [-0.15, -0.1) is 0 Å². The number of carbonyl (C=O) groups excluding carboxylic acids is 1. The quantitative estimate of drug-likeness (QED) is 0.261. The lowest BCUT2D eigenvalue weighted by molar-refractivity contribution is -0.123.